The molecule has 1 heterocycles. The van der Waals surface area contributed by atoms with Crippen LogP contribution in [0.3, 0.4) is 0 Å². The highest BCUT2D eigenvalue weighted by molar-refractivity contribution is 5.64. The van der Waals surface area contributed by atoms with Gasteiger partial charge in [-0.1, -0.05) is 6.07 Å². The largest absolute Gasteiger partial charge is 0.307 e. The average molecular weight is 236 g/mol. The van der Waals surface area contributed by atoms with Gasteiger partial charge in [0.15, 0.2) is 0 Å². The van der Waals surface area contributed by atoms with Crippen molar-refractivity contribution in [3.8, 4) is 11.1 Å². The minimum Gasteiger partial charge on any atom is -0.264 e. The van der Waals surface area contributed by atoms with Crippen LogP contribution in [0.25, 0.3) is 11.1 Å². The first-order valence-electron chi connectivity index (χ1n) is 4.63. The van der Waals surface area contributed by atoms with Crippen LogP contribution in [0, 0.1) is 21.7 Å². The van der Waals surface area contributed by atoms with E-state index in [1.54, 1.807) is 6.07 Å². The second kappa shape index (κ2) is 4.25. The molecule has 2 rings (SSSR count). The zero-order valence-electron chi connectivity index (χ0n) is 8.43. The third-order valence-corrected chi connectivity index (χ3v) is 2.21. The van der Waals surface area contributed by atoms with Crippen molar-refractivity contribution in [3.63, 3.8) is 0 Å². The van der Waals surface area contributed by atoms with Gasteiger partial charge in [0.1, 0.15) is 5.82 Å². The van der Waals surface area contributed by atoms with Gasteiger partial charge in [-0.15, -0.1) is 0 Å². The smallest absolute Gasteiger partial charge is 0.264 e. The molecule has 0 unspecified atom stereocenters. The molecule has 0 bridgehead atoms. The molecule has 0 atom stereocenters. The van der Waals surface area contributed by atoms with Gasteiger partial charge < -0.3 is 0 Å². The third-order valence-electron chi connectivity index (χ3n) is 2.21. The van der Waals surface area contributed by atoms with Crippen LogP contribution in [0.4, 0.5) is 14.5 Å². The molecule has 0 N–H and O–H groups in total. The number of benzene rings is 1. The molecule has 0 radical (unpaired) electrons. The Morgan fingerprint density at radius 3 is 2.59 bits per heavy atom. The van der Waals surface area contributed by atoms with Crippen LogP contribution < -0.4 is 0 Å². The number of hydrogen-bond acceptors (Lipinski definition) is 3. The second-order valence-electron chi connectivity index (χ2n) is 3.28. The number of nitro groups is 1. The number of nitrogens with zero attached hydrogens (tertiary/aromatic N) is 2. The molecule has 0 saturated heterocycles. The zero-order valence-corrected chi connectivity index (χ0v) is 8.43. The first kappa shape index (κ1) is 11.1. The molecule has 0 aliphatic rings. The highest BCUT2D eigenvalue weighted by Gasteiger charge is 2.19. The van der Waals surface area contributed by atoms with E-state index >= 15 is 0 Å². The highest BCUT2D eigenvalue weighted by atomic mass is 19.1. The first-order chi connectivity index (χ1) is 8.09. The van der Waals surface area contributed by atoms with Gasteiger partial charge in [0.2, 0.25) is 5.82 Å². The lowest BCUT2D eigenvalue weighted by atomic mass is 10.1. The van der Waals surface area contributed by atoms with E-state index in [0.29, 0.717) is 11.6 Å². The Hall–Kier alpha value is -2.37. The van der Waals surface area contributed by atoms with Crippen LogP contribution in [0.15, 0.2) is 36.7 Å². The van der Waals surface area contributed by atoms with E-state index in [4.69, 9.17) is 0 Å². The molecule has 17 heavy (non-hydrogen) atoms. The van der Waals surface area contributed by atoms with E-state index in [-0.39, 0.29) is 5.56 Å². The summed E-state index contributed by atoms with van der Waals surface area (Å²) in [4.78, 5) is 13.2. The number of halogens is 2. The van der Waals surface area contributed by atoms with Crippen molar-refractivity contribution in [3.05, 3.63) is 58.4 Å². The molecule has 0 amide bonds. The van der Waals surface area contributed by atoms with E-state index in [2.05, 4.69) is 4.98 Å². The number of hydrogen-bond donors (Lipinski definition) is 0. The van der Waals surface area contributed by atoms with Crippen molar-refractivity contribution >= 4 is 5.69 Å². The fourth-order valence-electron chi connectivity index (χ4n) is 1.42. The summed E-state index contributed by atoms with van der Waals surface area (Å²) in [6.45, 7) is 0. The standard InChI is InChI=1S/C11H6F2N2O2/c12-9-5-11(15(16)17)10(13)4-8(9)7-2-1-3-14-6-7/h1-6H. The number of nitro benzene ring substituents is 1. The van der Waals surface area contributed by atoms with E-state index in [9.17, 15) is 18.9 Å². The summed E-state index contributed by atoms with van der Waals surface area (Å²) in [5.41, 5.74) is -0.574. The predicted octanol–water partition coefficient (Wildman–Crippen LogP) is 2.94. The molecule has 0 aliphatic heterocycles. The first-order valence-corrected chi connectivity index (χ1v) is 4.63. The molecule has 4 nitrogen and oxygen atoms in total. The van der Waals surface area contributed by atoms with Crippen molar-refractivity contribution in [2.45, 2.75) is 0 Å². The van der Waals surface area contributed by atoms with Crippen LogP contribution in [0.2, 0.25) is 0 Å². The fraction of sp³-hybridized carbons (Fsp3) is 0. The Bertz CT molecular complexity index is 573. The molecular weight excluding hydrogens is 230 g/mol. The van der Waals surface area contributed by atoms with E-state index in [1.807, 2.05) is 0 Å². The van der Waals surface area contributed by atoms with Crippen LogP contribution >= 0.6 is 0 Å². The van der Waals surface area contributed by atoms with Gasteiger partial charge in [-0.25, -0.2) is 4.39 Å². The summed E-state index contributed by atoms with van der Waals surface area (Å²) >= 11 is 0. The Balaban J connectivity index is 2.58. The Morgan fingerprint density at radius 1 is 1.24 bits per heavy atom. The van der Waals surface area contributed by atoms with Gasteiger partial charge in [-0.2, -0.15) is 4.39 Å². The Labute approximate surface area is 94.7 Å². The number of aromatic nitrogens is 1. The summed E-state index contributed by atoms with van der Waals surface area (Å²) in [6, 6.07) is 4.47. The molecular formula is C11H6F2N2O2. The second-order valence-corrected chi connectivity index (χ2v) is 3.28. The summed E-state index contributed by atoms with van der Waals surface area (Å²) in [5, 5.41) is 10.4. The molecule has 0 fully saturated rings. The molecule has 1 aromatic carbocycles. The van der Waals surface area contributed by atoms with Gasteiger partial charge >= 0.3 is 5.69 Å². The van der Waals surface area contributed by atoms with Gasteiger partial charge in [-0.05, 0) is 12.1 Å². The van der Waals surface area contributed by atoms with Crippen LogP contribution in [-0.4, -0.2) is 9.91 Å². The monoisotopic (exact) mass is 236 g/mol. The predicted molar refractivity (Wildman–Crippen MR) is 56.2 cm³/mol. The topological polar surface area (TPSA) is 56.0 Å². The molecule has 0 spiro atoms. The average Bonchev–Trinajstić information content (AvgIpc) is 2.32. The summed E-state index contributed by atoms with van der Waals surface area (Å²) < 4.78 is 26.9. The zero-order chi connectivity index (χ0) is 12.4. The lowest BCUT2D eigenvalue weighted by Gasteiger charge is -2.03. The number of rotatable bonds is 2. The van der Waals surface area contributed by atoms with Crippen molar-refractivity contribution in [1.82, 2.24) is 4.98 Å². The molecule has 2 aromatic rings. The van der Waals surface area contributed by atoms with Crippen molar-refractivity contribution in [1.29, 1.82) is 0 Å². The molecule has 0 aliphatic carbocycles. The SMILES string of the molecule is O=[N+]([O-])c1cc(F)c(-c2cccnc2)cc1F. The van der Waals surface area contributed by atoms with Crippen molar-refractivity contribution in [2.75, 3.05) is 0 Å². The summed E-state index contributed by atoms with van der Waals surface area (Å²) in [7, 11) is 0. The van der Waals surface area contributed by atoms with Crippen molar-refractivity contribution < 1.29 is 13.7 Å². The van der Waals surface area contributed by atoms with E-state index < -0.39 is 22.2 Å². The normalized spacial score (nSPS) is 10.2. The van der Waals surface area contributed by atoms with Crippen LogP contribution in [0.5, 0.6) is 0 Å². The van der Waals surface area contributed by atoms with E-state index in [1.165, 1.54) is 18.5 Å². The highest BCUT2D eigenvalue weighted by Crippen LogP contribution is 2.28. The Morgan fingerprint density at radius 2 is 2.00 bits per heavy atom. The van der Waals surface area contributed by atoms with E-state index in [0.717, 1.165) is 6.07 Å². The lowest BCUT2D eigenvalue weighted by molar-refractivity contribution is -0.387. The summed E-state index contributed by atoms with van der Waals surface area (Å²) in [6.07, 6.45) is 2.84. The summed E-state index contributed by atoms with van der Waals surface area (Å²) in [5.74, 6) is -1.93. The lowest BCUT2D eigenvalue weighted by Crippen LogP contribution is -1.96. The maximum atomic E-state index is 13.6. The number of pyridine rings is 1. The quantitative estimate of drug-likeness (QED) is 0.595. The molecule has 0 saturated carbocycles. The third kappa shape index (κ3) is 2.10. The fourth-order valence-corrected chi connectivity index (χ4v) is 1.42. The molecule has 6 heteroatoms. The maximum Gasteiger partial charge on any atom is 0.307 e. The van der Waals surface area contributed by atoms with Crippen LogP contribution in [0.1, 0.15) is 0 Å². The van der Waals surface area contributed by atoms with Gasteiger partial charge in [-0.3, -0.25) is 15.1 Å². The minimum absolute atomic E-state index is 0.0544. The molecule has 86 valence electrons. The van der Waals surface area contributed by atoms with Gasteiger partial charge in [0, 0.05) is 23.5 Å². The van der Waals surface area contributed by atoms with Crippen LogP contribution in [-0.2, 0) is 0 Å². The van der Waals surface area contributed by atoms with Gasteiger partial charge in [0.25, 0.3) is 0 Å². The molecule has 1 aromatic heterocycles. The maximum absolute atomic E-state index is 13.6. The Kier molecular flexibility index (Phi) is 2.78. The van der Waals surface area contributed by atoms with Crippen molar-refractivity contribution in [2.24, 2.45) is 0 Å². The minimum atomic E-state index is -1.07. The van der Waals surface area contributed by atoms with Gasteiger partial charge in [0.05, 0.1) is 11.0 Å².